The molecule has 0 aliphatic carbocycles. The zero-order valence-electron chi connectivity index (χ0n) is 26.2. The summed E-state index contributed by atoms with van der Waals surface area (Å²) >= 11 is 1.63. The molecule has 2 aromatic heterocycles. The Labute approximate surface area is 269 Å². The standard InChI is InChI=1S/C35H40N6O3S/c1-35(2,3)31-21-32(41-18-16-40(17-19-41)22-26-9-12-29-30(20-26)44-24-43-29)39-34(38-31)45-23-25-7-10-27(11-8-25)33(42)37-15-13-28-6-4-5-14-36-28/h4-12,14,20-21H,13,15-19,22-24H2,1-3H3,(H,37,42). The van der Waals surface area contributed by atoms with Crippen molar-refractivity contribution in [2.45, 2.75) is 50.1 Å². The van der Waals surface area contributed by atoms with E-state index >= 15 is 0 Å². The van der Waals surface area contributed by atoms with Crippen LogP contribution in [0.5, 0.6) is 11.5 Å². The van der Waals surface area contributed by atoms with Gasteiger partial charge in [0, 0.05) is 80.4 Å². The molecule has 0 saturated carbocycles. The maximum atomic E-state index is 12.6. The van der Waals surface area contributed by atoms with E-state index in [0.717, 1.165) is 77.9 Å². The molecule has 4 aromatic rings. The highest BCUT2D eigenvalue weighted by molar-refractivity contribution is 7.98. The van der Waals surface area contributed by atoms with Gasteiger partial charge >= 0.3 is 0 Å². The number of hydrogen-bond acceptors (Lipinski definition) is 9. The minimum absolute atomic E-state index is 0.0769. The molecule has 45 heavy (non-hydrogen) atoms. The number of fused-ring (bicyclic) bond motifs is 1. The Morgan fingerprint density at radius 1 is 0.911 bits per heavy atom. The minimum Gasteiger partial charge on any atom is -0.454 e. The maximum absolute atomic E-state index is 12.6. The molecule has 2 aliphatic heterocycles. The molecular formula is C35H40N6O3S. The average molecular weight is 625 g/mol. The van der Waals surface area contributed by atoms with E-state index < -0.39 is 0 Å². The zero-order valence-corrected chi connectivity index (χ0v) is 27.0. The van der Waals surface area contributed by atoms with E-state index in [0.29, 0.717) is 25.3 Å². The molecule has 0 unspecified atom stereocenters. The van der Waals surface area contributed by atoms with Gasteiger partial charge in [-0.1, -0.05) is 56.8 Å². The quantitative estimate of drug-likeness (QED) is 0.182. The van der Waals surface area contributed by atoms with Crippen LogP contribution in [0.1, 0.15) is 53.6 Å². The minimum atomic E-state index is -0.0975. The van der Waals surface area contributed by atoms with E-state index in [1.165, 1.54) is 5.56 Å². The van der Waals surface area contributed by atoms with Crippen LogP contribution in [-0.2, 0) is 24.1 Å². The second kappa shape index (κ2) is 13.9. The molecular weight excluding hydrogens is 584 g/mol. The van der Waals surface area contributed by atoms with Crippen LogP contribution in [0.25, 0.3) is 0 Å². The molecule has 6 rings (SSSR count). The number of rotatable bonds is 10. The molecule has 10 heteroatoms. The first-order valence-corrected chi connectivity index (χ1v) is 16.4. The van der Waals surface area contributed by atoms with Crippen LogP contribution in [0.15, 0.2) is 78.1 Å². The van der Waals surface area contributed by atoms with Crippen molar-refractivity contribution in [3.05, 3.63) is 101 Å². The Morgan fingerprint density at radius 3 is 2.44 bits per heavy atom. The van der Waals surface area contributed by atoms with Crippen LogP contribution >= 0.6 is 11.8 Å². The highest BCUT2D eigenvalue weighted by Gasteiger charge is 2.24. The van der Waals surface area contributed by atoms with Crippen LogP contribution in [0.3, 0.4) is 0 Å². The van der Waals surface area contributed by atoms with Crippen molar-refractivity contribution in [1.29, 1.82) is 0 Å². The molecule has 1 amide bonds. The zero-order chi connectivity index (χ0) is 31.2. The van der Waals surface area contributed by atoms with Gasteiger partial charge in [-0.15, -0.1) is 0 Å². The van der Waals surface area contributed by atoms with Crippen molar-refractivity contribution in [3.63, 3.8) is 0 Å². The van der Waals surface area contributed by atoms with Gasteiger partial charge in [0.1, 0.15) is 5.82 Å². The third kappa shape index (κ3) is 8.12. The summed E-state index contributed by atoms with van der Waals surface area (Å²) in [6.45, 7) is 12.0. The molecule has 0 bridgehead atoms. The van der Waals surface area contributed by atoms with Gasteiger partial charge in [0.25, 0.3) is 5.91 Å². The van der Waals surface area contributed by atoms with Gasteiger partial charge in [-0.05, 0) is 47.5 Å². The molecule has 2 aromatic carbocycles. The average Bonchev–Trinajstić information content (AvgIpc) is 3.52. The predicted molar refractivity (Wildman–Crippen MR) is 177 cm³/mol. The predicted octanol–water partition coefficient (Wildman–Crippen LogP) is 5.48. The highest BCUT2D eigenvalue weighted by atomic mass is 32.2. The van der Waals surface area contributed by atoms with Gasteiger partial charge in [0.15, 0.2) is 16.7 Å². The summed E-state index contributed by atoms with van der Waals surface area (Å²) in [4.78, 5) is 31.7. The SMILES string of the molecule is CC(C)(C)c1cc(N2CCN(Cc3ccc4c(c3)OCO4)CC2)nc(SCc2ccc(C(=O)NCCc3ccccn3)cc2)n1. The fourth-order valence-corrected chi connectivity index (χ4v) is 6.12. The number of piperazine rings is 1. The van der Waals surface area contributed by atoms with E-state index in [-0.39, 0.29) is 11.3 Å². The number of anilines is 1. The van der Waals surface area contributed by atoms with Crippen molar-refractivity contribution in [1.82, 2.24) is 25.2 Å². The summed E-state index contributed by atoms with van der Waals surface area (Å²) in [6.07, 6.45) is 2.47. The van der Waals surface area contributed by atoms with Gasteiger partial charge in [0.2, 0.25) is 6.79 Å². The number of ether oxygens (including phenoxy) is 2. The molecule has 0 radical (unpaired) electrons. The Hall–Kier alpha value is -4.15. The first-order valence-electron chi connectivity index (χ1n) is 15.5. The number of nitrogens with one attached hydrogen (secondary N) is 1. The van der Waals surface area contributed by atoms with Gasteiger partial charge < -0.3 is 19.7 Å². The summed E-state index contributed by atoms with van der Waals surface area (Å²) in [5.41, 5.74) is 4.91. The van der Waals surface area contributed by atoms with Crippen molar-refractivity contribution in [2.75, 3.05) is 44.4 Å². The van der Waals surface area contributed by atoms with E-state index in [2.05, 4.69) is 59.1 Å². The number of aromatic nitrogens is 3. The number of carbonyl (C=O) groups is 1. The van der Waals surface area contributed by atoms with Crippen molar-refractivity contribution < 1.29 is 14.3 Å². The van der Waals surface area contributed by atoms with Gasteiger partial charge in [-0.25, -0.2) is 9.97 Å². The largest absolute Gasteiger partial charge is 0.454 e. The maximum Gasteiger partial charge on any atom is 0.251 e. The van der Waals surface area contributed by atoms with Gasteiger partial charge in [-0.2, -0.15) is 0 Å². The fourth-order valence-electron chi connectivity index (χ4n) is 5.31. The fraction of sp³-hybridized carbons (Fsp3) is 0.371. The Kier molecular flexibility index (Phi) is 9.51. The second-order valence-corrected chi connectivity index (χ2v) is 13.3. The first-order chi connectivity index (χ1) is 21.8. The third-order valence-electron chi connectivity index (χ3n) is 7.98. The van der Waals surface area contributed by atoms with Crippen LogP contribution in [0.4, 0.5) is 5.82 Å². The number of thioether (sulfide) groups is 1. The van der Waals surface area contributed by atoms with Gasteiger partial charge in [-0.3, -0.25) is 14.7 Å². The molecule has 4 heterocycles. The summed E-state index contributed by atoms with van der Waals surface area (Å²) < 4.78 is 11.0. The summed E-state index contributed by atoms with van der Waals surface area (Å²) in [5.74, 6) is 3.28. The van der Waals surface area contributed by atoms with Crippen LogP contribution in [0.2, 0.25) is 0 Å². The number of pyridine rings is 1. The van der Waals surface area contributed by atoms with E-state index in [1.54, 1.807) is 18.0 Å². The number of nitrogens with zero attached hydrogens (tertiary/aromatic N) is 5. The molecule has 0 spiro atoms. The number of benzene rings is 2. The second-order valence-electron chi connectivity index (χ2n) is 12.4. The smallest absolute Gasteiger partial charge is 0.251 e. The lowest BCUT2D eigenvalue weighted by atomic mass is 9.92. The monoisotopic (exact) mass is 624 g/mol. The van der Waals surface area contributed by atoms with E-state index in [1.807, 2.05) is 48.5 Å². The van der Waals surface area contributed by atoms with Crippen molar-refractivity contribution in [2.24, 2.45) is 0 Å². The Morgan fingerprint density at radius 2 is 1.69 bits per heavy atom. The molecule has 0 atom stereocenters. The van der Waals surface area contributed by atoms with Crippen molar-refractivity contribution >= 4 is 23.5 Å². The summed E-state index contributed by atoms with van der Waals surface area (Å²) in [7, 11) is 0. The molecule has 9 nitrogen and oxygen atoms in total. The van der Waals surface area contributed by atoms with Crippen molar-refractivity contribution in [3.8, 4) is 11.5 Å². The third-order valence-corrected chi connectivity index (χ3v) is 8.90. The van der Waals surface area contributed by atoms with Crippen LogP contribution in [-0.4, -0.2) is 65.3 Å². The van der Waals surface area contributed by atoms with Crippen LogP contribution < -0.4 is 19.7 Å². The number of carbonyl (C=O) groups excluding carboxylic acids is 1. The Balaban J connectivity index is 1.04. The lowest BCUT2D eigenvalue weighted by Crippen LogP contribution is -2.46. The Bertz CT molecular complexity index is 1600. The topological polar surface area (TPSA) is 92.7 Å². The number of hydrogen-bond donors (Lipinski definition) is 1. The number of amides is 1. The molecule has 2 aliphatic rings. The summed E-state index contributed by atoms with van der Waals surface area (Å²) in [5, 5.41) is 3.76. The normalized spacial score (nSPS) is 14.9. The lowest BCUT2D eigenvalue weighted by Gasteiger charge is -2.36. The van der Waals surface area contributed by atoms with Gasteiger partial charge in [0.05, 0.1) is 5.69 Å². The highest BCUT2D eigenvalue weighted by Crippen LogP contribution is 2.33. The summed E-state index contributed by atoms with van der Waals surface area (Å²) in [6, 6.07) is 22.0. The van der Waals surface area contributed by atoms with E-state index in [9.17, 15) is 4.79 Å². The lowest BCUT2D eigenvalue weighted by molar-refractivity contribution is 0.0954. The molecule has 1 saturated heterocycles. The first kappa shape index (κ1) is 30.9. The molecule has 234 valence electrons. The molecule has 1 N–H and O–H groups in total. The molecule has 1 fully saturated rings. The van der Waals surface area contributed by atoms with Crippen LogP contribution in [0, 0.1) is 0 Å². The van der Waals surface area contributed by atoms with E-state index in [4.69, 9.17) is 19.4 Å².